The zero-order valence-corrected chi connectivity index (χ0v) is 17.5. The van der Waals surface area contributed by atoms with Crippen LogP contribution in [0.2, 0.25) is 0 Å². The molecule has 0 aromatic heterocycles. The first-order chi connectivity index (χ1) is 13.8. The summed E-state index contributed by atoms with van der Waals surface area (Å²) in [6.07, 6.45) is 1.00. The second-order valence-electron chi connectivity index (χ2n) is 7.25. The number of esters is 1. The fourth-order valence-electron chi connectivity index (χ4n) is 3.50. The molecule has 0 saturated carbocycles. The molecule has 1 amide bonds. The van der Waals surface area contributed by atoms with Crippen LogP contribution in [0, 0.1) is 0 Å². The van der Waals surface area contributed by atoms with Gasteiger partial charge in [-0.2, -0.15) is 4.31 Å². The first-order valence-electron chi connectivity index (χ1n) is 9.66. The van der Waals surface area contributed by atoms with Gasteiger partial charge in [0.15, 0.2) is 6.10 Å². The van der Waals surface area contributed by atoms with E-state index in [4.69, 9.17) is 9.47 Å². The summed E-state index contributed by atoms with van der Waals surface area (Å²) in [6.45, 7) is 4.79. The van der Waals surface area contributed by atoms with Crippen LogP contribution in [0.4, 0.5) is 11.4 Å². The topological polar surface area (TPSA) is 105 Å². The summed E-state index contributed by atoms with van der Waals surface area (Å²) in [6, 6.07) is 6.55. The van der Waals surface area contributed by atoms with Crippen molar-refractivity contribution in [3.05, 3.63) is 24.3 Å². The molecular formula is C19H27N3O6S. The van der Waals surface area contributed by atoms with Crippen molar-refractivity contribution in [2.45, 2.75) is 31.9 Å². The minimum Gasteiger partial charge on any atom is -0.451 e. The van der Waals surface area contributed by atoms with Gasteiger partial charge in [-0.1, -0.05) is 0 Å². The van der Waals surface area contributed by atoms with Crippen molar-refractivity contribution in [3.8, 4) is 0 Å². The molecule has 2 heterocycles. The van der Waals surface area contributed by atoms with Gasteiger partial charge in [0, 0.05) is 31.0 Å². The molecule has 2 unspecified atom stereocenters. The highest BCUT2D eigenvalue weighted by Crippen LogP contribution is 2.22. The van der Waals surface area contributed by atoms with E-state index in [2.05, 4.69) is 10.2 Å². The van der Waals surface area contributed by atoms with Gasteiger partial charge in [0.25, 0.3) is 5.91 Å². The molecule has 3 rings (SSSR count). The molecule has 2 fully saturated rings. The van der Waals surface area contributed by atoms with Crippen molar-refractivity contribution >= 4 is 33.3 Å². The average molecular weight is 426 g/mol. The van der Waals surface area contributed by atoms with Gasteiger partial charge in [0.05, 0.1) is 19.5 Å². The minimum absolute atomic E-state index is 0.286. The number of carbonyl (C=O) groups excluding carboxylic acids is 2. The highest BCUT2D eigenvalue weighted by Gasteiger charge is 2.38. The number of nitrogens with zero attached hydrogens (tertiary/aromatic N) is 2. The lowest BCUT2D eigenvalue weighted by molar-refractivity contribution is -0.156. The lowest BCUT2D eigenvalue weighted by Crippen LogP contribution is -2.43. The summed E-state index contributed by atoms with van der Waals surface area (Å²) in [7, 11) is -3.49. The Morgan fingerprint density at radius 1 is 1.17 bits per heavy atom. The Balaban J connectivity index is 1.54. The van der Waals surface area contributed by atoms with Gasteiger partial charge in [-0.05, 0) is 44.0 Å². The van der Waals surface area contributed by atoms with E-state index in [-0.39, 0.29) is 6.54 Å². The molecule has 10 heteroatoms. The number of anilines is 2. The van der Waals surface area contributed by atoms with Crippen molar-refractivity contribution in [1.29, 1.82) is 0 Å². The lowest BCUT2D eigenvalue weighted by Gasteiger charge is -2.29. The molecule has 160 valence electrons. The molecule has 2 atom stereocenters. The standard InChI is InChI=1S/C19H27N3O6S/c1-14(28-19(24)17-4-3-9-22(17)29(2,25)26)18(23)20-15-5-7-16(8-6-15)21-10-12-27-13-11-21/h5-8,14,17H,3-4,9-13H2,1-2H3,(H,20,23). The number of ether oxygens (including phenoxy) is 2. The quantitative estimate of drug-likeness (QED) is 0.673. The molecule has 1 aromatic carbocycles. The van der Waals surface area contributed by atoms with Crippen LogP contribution in [0.1, 0.15) is 19.8 Å². The number of amides is 1. The fourth-order valence-corrected chi connectivity index (χ4v) is 4.61. The number of hydrogen-bond donors (Lipinski definition) is 1. The van der Waals surface area contributed by atoms with Crippen molar-refractivity contribution < 1.29 is 27.5 Å². The molecule has 0 bridgehead atoms. The summed E-state index contributed by atoms with van der Waals surface area (Å²) in [4.78, 5) is 26.9. The zero-order valence-electron chi connectivity index (χ0n) is 16.7. The number of hydrogen-bond acceptors (Lipinski definition) is 7. The van der Waals surface area contributed by atoms with Gasteiger partial charge in [-0.15, -0.1) is 0 Å². The Labute approximate surface area is 171 Å². The Morgan fingerprint density at radius 3 is 2.45 bits per heavy atom. The van der Waals surface area contributed by atoms with Gasteiger partial charge in [0.2, 0.25) is 10.0 Å². The third-order valence-corrected chi connectivity index (χ3v) is 6.36. The van der Waals surface area contributed by atoms with E-state index in [0.717, 1.165) is 29.3 Å². The second kappa shape index (κ2) is 9.10. The lowest BCUT2D eigenvalue weighted by atomic mass is 10.2. The summed E-state index contributed by atoms with van der Waals surface area (Å²) in [5.41, 5.74) is 1.64. The van der Waals surface area contributed by atoms with Crippen LogP contribution in [0.3, 0.4) is 0 Å². The molecule has 0 radical (unpaired) electrons. The van der Waals surface area contributed by atoms with E-state index < -0.39 is 34.0 Å². The predicted molar refractivity (Wildman–Crippen MR) is 108 cm³/mol. The molecule has 29 heavy (non-hydrogen) atoms. The van der Waals surface area contributed by atoms with Crippen LogP contribution in [0.25, 0.3) is 0 Å². The molecule has 0 spiro atoms. The Morgan fingerprint density at radius 2 is 1.83 bits per heavy atom. The van der Waals surface area contributed by atoms with Gasteiger partial charge in [-0.25, -0.2) is 8.42 Å². The molecular weight excluding hydrogens is 398 g/mol. The first kappa shape index (κ1) is 21.5. The largest absolute Gasteiger partial charge is 0.451 e. The van der Waals surface area contributed by atoms with Crippen LogP contribution in [-0.2, 0) is 29.1 Å². The Bertz CT molecular complexity index is 836. The van der Waals surface area contributed by atoms with Crippen molar-refractivity contribution in [1.82, 2.24) is 4.31 Å². The smallest absolute Gasteiger partial charge is 0.325 e. The Kier molecular flexibility index (Phi) is 6.76. The van der Waals surface area contributed by atoms with E-state index >= 15 is 0 Å². The van der Waals surface area contributed by atoms with Crippen LogP contribution in [0.5, 0.6) is 0 Å². The van der Waals surface area contributed by atoms with Gasteiger partial charge < -0.3 is 19.7 Å². The van der Waals surface area contributed by atoms with Crippen LogP contribution in [-0.4, -0.2) is 75.8 Å². The molecule has 1 N–H and O–H groups in total. The third-order valence-electron chi connectivity index (χ3n) is 5.07. The molecule has 2 saturated heterocycles. The van der Waals surface area contributed by atoms with Crippen molar-refractivity contribution in [3.63, 3.8) is 0 Å². The molecule has 9 nitrogen and oxygen atoms in total. The summed E-state index contributed by atoms with van der Waals surface area (Å²) < 4.78 is 35.3. The van der Waals surface area contributed by atoms with E-state index in [1.165, 1.54) is 6.92 Å². The molecule has 2 aliphatic heterocycles. The van der Waals surface area contributed by atoms with Crippen LogP contribution >= 0.6 is 0 Å². The van der Waals surface area contributed by atoms with Crippen LogP contribution in [0.15, 0.2) is 24.3 Å². The maximum atomic E-state index is 12.4. The molecule has 0 aliphatic carbocycles. The number of carbonyl (C=O) groups is 2. The van der Waals surface area contributed by atoms with Gasteiger partial charge in [0.1, 0.15) is 6.04 Å². The van der Waals surface area contributed by atoms with E-state index in [1.807, 2.05) is 12.1 Å². The SMILES string of the molecule is CC(OC(=O)C1CCCN1S(C)(=O)=O)C(=O)Nc1ccc(N2CCOCC2)cc1. The second-order valence-corrected chi connectivity index (χ2v) is 9.18. The average Bonchev–Trinajstić information content (AvgIpc) is 3.20. The van der Waals surface area contributed by atoms with Gasteiger partial charge in [-0.3, -0.25) is 9.59 Å². The third kappa shape index (κ3) is 5.46. The zero-order chi connectivity index (χ0) is 21.0. The number of benzene rings is 1. The van der Waals surface area contributed by atoms with E-state index in [0.29, 0.717) is 31.7 Å². The maximum absolute atomic E-state index is 12.4. The van der Waals surface area contributed by atoms with Crippen LogP contribution < -0.4 is 10.2 Å². The van der Waals surface area contributed by atoms with Crippen molar-refractivity contribution in [2.24, 2.45) is 0 Å². The normalized spacial score (nSPS) is 21.6. The fraction of sp³-hybridized carbons (Fsp3) is 0.579. The Hall–Kier alpha value is -2.17. The highest BCUT2D eigenvalue weighted by atomic mass is 32.2. The number of morpholine rings is 1. The molecule has 2 aliphatic rings. The first-order valence-corrected chi connectivity index (χ1v) is 11.5. The molecule has 1 aromatic rings. The predicted octanol–water partition coefficient (Wildman–Crippen LogP) is 0.817. The summed E-state index contributed by atoms with van der Waals surface area (Å²) in [5.74, 6) is -1.17. The minimum atomic E-state index is -3.49. The number of sulfonamides is 1. The summed E-state index contributed by atoms with van der Waals surface area (Å²) in [5, 5.41) is 2.72. The van der Waals surface area contributed by atoms with E-state index in [9.17, 15) is 18.0 Å². The number of nitrogens with one attached hydrogen (secondary N) is 1. The maximum Gasteiger partial charge on any atom is 0.325 e. The van der Waals surface area contributed by atoms with E-state index in [1.54, 1.807) is 12.1 Å². The van der Waals surface area contributed by atoms with Crippen molar-refractivity contribution in [2.75, 3.05) is 49.3 Å². The highest BCUT2D eigenvalue weighted by molar-refractivity contribution is 7.88. The van der Waals surface area contributed by atoms with Gasteiger partial charge >= 0.3 is 5.97 Å². The monoisotopic (exact) mass is 425 g/mol. The summed E-state index contributed by atoms with van der Waals surface area (Å²) >= 11 is 0. The number of rotatable bonds is 6.